The van der Waals surface area contributed by atoms with Gasteiger partial charge in [0.1, 0.15) is 4.87 Å². The number of hydrogen-bond acceptors (Lipinski definition) is 5. The highest BCUT2D eigenvalue weighted by molar-refractivity contribution is 8.04. The first-order valence-corrected chi connectivity index (χ1v) is 5.50. The van der Waals surface area contributed by atoms with Crippen LogP contribution in [0.1, 0.15) is 13.8 Å². The smallest absolute Gasteiger partial charge is 0.357 e. The van der Waals surface area contributed by atoms with Crippen molar-refractivity contribution < 1.29 is 24.9 Å². The fourth-order valence-corrected chi connectivity index (χ4v) is 3.65. The third-order valence-electron chi connectivity index (χ3n) is 2.92. The summed E-state index contributed by atoms with van der Waals surface area (Å²) in [5.74, 6) is -2.49. The van der Waals surface area contributed by atoms with Crippen molar-refractivity contribution in [2.24, 2.45) is 5.92 Å². The number of aliphatic hydroxyl groups excluding tert-OH is 2. The molecule has 0 radical (unpaired) electrons. The molecule has 3 atom stereocenters. The van der Waals surface area contributed by atoms with Crippen molar-refractivity contribution in [1.82, 2.24) is 4.90 Å². The first kappa shape index (κ1) is 11.3. The van der Waals surface area contributed by atoms with Crippen LogP contribution in [0.4, 0.5) is 0 Å². The van der Waals surface area contributed by atoms with E-state index in [1.54, 1.807) is 6.92 Å². The molecule has 7 heteroatoms. The number of rotatable bonds is 2. The van der Waals surface area contributed by atoms with Crippen LogP contribution in [-0.4, -0.2) is 43.1 Å². The Hall–Kier alpha value is -1.21. The molecule has 0 aromatic carbocycles. The first-order valence-electron chi connectivity index (χ1n) is 4.68. The number of amides is 1. The van der Waals surface area contributed by atoms with Crippen LogP contribution >= 0.6 is 11.8 Å². The molecule has 88 valence electrons. The third kappa shape index (κ3) is 1.12. The van der Waals surface area contributed by atoms with Crippen LogP contribution in [0.25, 0.3) is 0 Å². The van der Waals surface area contributed by atoms with Gasteiger partial charge in [0.05, 0.1) is 12.0 Å². The van der Waals surface area contributed by atoms with Crippen molar-refractivity contribution in [1.29, 1.82) is 0 Å². The number of hydrogen-bond donors (Lipinski definition) is 3. The van der Waals surface area contributed by atoms with Gasteiger partial charge in [-0.25, -0.2) is 4.79 Å². The summed E-state index contributed by atoms with van der Waals surface area (Å²) in [5.41, 5.74) is -0.394. The number of carboxylic acid groups (broad SMARTS) is 1. The summed E-state index contributed by atoms with van der Waals surface area (Å²) in [6, 6.07) is 0. The van der Waals surface area contributed by atoms with Crippen molar-refractivity contribution in [3.8, 4) is 0 Å². The Labute approximate surface area is 95.5 Å². The third-order valence-corrected chi connectivity index (χ3v) is 4.16. The zero-order valence-corrected chi connectivity index (χ0v) is 9.48. The molecule has 16 heavy (non-hydrogen) atoms. The van der Waals surface area contributed by atoms with E-state index in [-0.39, 0.29) is 5.09 Å². The SMILES string of the molecule is C[C@@H](O)[C@H]1C(=O)N2C(C(=O)O)=C(O)S[C@]12C. The number of nitrogens with zero attached hydrogens (tertiary/aromatic N) is 1. The fraction of sp³-hybridized carbons (Fsp3) is 0.556. The highest BCUT2D eigenvalue weighted by Gasteiger charge is 2.66. The molecule has 0 bridgehead atoms. The molecule has 2 aliphatic rings. The zero-order chi connectivity index (χ0) is 12.2. The van der Waals surface area contributed by atoms with Crippen LogP contribution in [0.3, 0.4) is 0 Å². The van der Waals surface area contributed by atoms with Gasteiger partial charge >= 0.3 is 5.97 Å². The maximum Gasteiger partial charge on any atom is 0.357 e. The van der Waals surface area contributed by atoms with Crippen LogP contribution in [0.15, 0.2) is 10.8 Å². The van der Waals surface area contributed by atoms with Crippen molar-refractivity contribution in [2.75, 3.05) is 0 Å². The molecule has 0 saturated carbocycles. The molecule has 0 aromatic rings. The molecule has 2 heterocycles. The summed E-state index contributed by atoms with van der Waals surface area (Å²) in [6.45, 7) is 3.10. The average molecular weight is 245 g/mol. The Balaban J connectivity index is 2.38. The number of aliphatic carboxylic acids is 1. The van der Waals surface area contributed by atoms with E-state index in [4.69, 9.17) is 5.11 Å². The Morgan fingerprint density at radius 2 is 2.19 bits per heavy atom. The molecule has 2 rings (SSSR count). The Bertz CT molecular complexity index is 418. The predicted molar refractivity (Wildman–Crippen MR) is 55.3 cm³/mol. The average Bonchev–Trinajstić information content (AvgIpc) is 2.33. The summed E-state index contributed by atoms with van der Waals surface area (Å²) in [4.78, 5) is 22.7. The van der Waals surface area contributed by atoms with Gasteiger partial charge in [-0.05, 0) is 13.8 Å². The van der Waals surface area contributed by atoms with Gasteiger partial charge in [0.2, 0.25) is 5.91 Å². The van der Waals surface area contributed by atoms with E-state index in [2.05, 4.69) is 0 Å². The second-order valence-corrected chi connectivity index (χ2v) is 5.42. The van der Waals surface area contributed by atoms with E-state index in [1.165, 1.54) is 6.92 Å². The lowest BCUT2D eigenvalue weighted by Crippen LogP contribution is -2.68. The Morgan fingerprint density at radius 3 is 2.62 bits per heavy atom. The van der Waals surface area contributed by atoms with E-state index >= 15 is 0 Å². The van der Waals surface area contributed by atoms with Crippen LogP contribution < -0.4 is 0 Å². The topological polar surface area (TPSA) is 98.1 Å². The van der Waals surface area contributed by atoms with Crippen molar-refractivity contribution in [3.05, 3.63) is 10.8 Å². The van der Waals surface area contributed by atoms with Gasteiger partial charge in [-0.2, -0.15) is 0 Å². The summed E-state index contributed by atoms with van der Waals surface area (Å²) in [7, 11) is 0. The first-order chi connectivity index (χ1) is 7.30. The van der Waals surface area contributed by atoms with Gasteiger partial charge in [-0.15, -0.1) is 0 Å². The van der Waals surface area contributed by atoms with Gasteiger partial charge in [-0.1, -0.05) is 11.8 Å². The van der Waals surface area contributed by atoms with Crippen LogP contribution in [0, 0.1) is 5.92 Å². The molecule has 3 N–H and O–H groups in total. The second kappa shape index (κ2) is 3.14. The highest BCUT2D eigenvalue weighted by atomic mass is 32.2. The van der Waals surface area contributed by atoms with Crippen molar-refractivity contribution >= 4 is 23.6 Å². The minimum atomic E-state index is -1.34. The summed E-state index contributed by atoms with van der Waals surface area (Å²) in [6.07, 6.45) is -0.873. The number of carbonyl (C=O) groups is 2. The summed E-state index contributed by atoms with van der Waals surface area (Å²) >= 11 is 0.894. The van der Waals surface area contributed by atoms with Gasteiger partial charge in [0.15, 0.2) is 10.8 Å². The van der Waals surface area contributed by atoms with E-state index in [1.807, 2.05) is 0 Å². The quantitative estimate of drug-likeness (QED) is 0.597. The predicted octanol–water partition coefficient (Wildman–Crippen LogP) is 0.100. The monoisotopic (exact) mass is 245 g/mol. The molecule has 6 nitrogen and oxygen atoms in total. The van der Waals surface area contributed by atoms with Crippen LogP contribution in [0.5, 0.6) is 0 Å². The largest absolute Gasteiger partial charge is 0.500 e. The Kier molecular flexibility index (Phi) is 2.22. The number of carbonyl (C=O) groups excluding carboxylic acids is 1. The van der Waals surface area contributed by atoms with E-state index < -0.39 is 34.5 Å². The zero-order valence-electron chi connectivity index (χ0n) is 8.67. The van der Waals surface area contributed by atoms with Gasteiger partial charge < -0.3 is 15.3 Å². The van der Waals surface area contributed by atoms with Crippen molar-refractivity contribution in [2.45, 2.75) is 24.8 Å². The molecule has 0 aromatic heterocycles. The normalized spacial score (nSPS) is 34.8. The fourth-order valence-electron chi connectivity index (χ4n) is 2.28. The maximum absolute atomic E-state index is 11.7. The molecular weight excluding hydrogens is 234 g/mol. The molecule has 0 aliphatic carbocycles. The lowest BCUT2D eigenvalue weighted by molar-refractivity contribution is -0.165. The van der Waals surface area contributed by atoms with Gasteiger partial charge in [0, 0.05) is 0 Å². The molecule has 0 spiro atoms. The number of carboxylic acids is 1. The minimum absolute atomic E-state index is 0.383. The summed E-state index contributed by atoms with van der Waals surface area (Å²) < 4.78 is 0. The minimum Gasteiger partial charge on any atom is -0.500 e. The lowest BCUT2D eigenvalue weighted by atomic mass is 9.83. The van der Waals surface area contributed by atoms with E-state index in [0.29, 0.717) is 0 Å². The molecule has 2 aliphatic heterocycles. The molecule has 1 saturated heterocycles. The highest BCUT2D eigenvalue weighted by Crippen LogP contribution is 2.57. The number of fused-ring (bicyclic) bond motifs is 1. The lowest BCUT2D eigenvalue weighted by Gasteiger charge is -2.51. The van der Waals surface area contributed by atoms with E-state index in [0.717, 1.165) is 16.7 Å². The number of thioether (sulfide) groups is 1. The molecule has 1 amide bonds. The van der Waals surface area contributed by atoms with Crippen LogP contribution in [-0.2, 0) is 9.59 Å². The second-order valence-electron chi connectivity index (χ2n) is 4.01. The van der Waals surface area contributed by atoms with Crippen molar-refractivity contribution in [3.63, 3.8) is 0 Å². The Morgan fingerprint density at radius 1 is 1.62 bits per heavy atom. The standard InChI is InChI=1S/C9H11NO5S/c1-3(11)4-6(12)10-5(7(13)14)8(15)16-9(4,10)2/h3-4,11,15H,1-2H3,(H,13,14)/t3-,4+,9-/m1/s1. The van der Waals surface area contributed by atoms with Crippen LogP contribution in [0.2, 0.25) is 0 Å². The van der Waals surface area contributed by atoms with Gasteiger partial charge in [0.25, 0.3) is 0 Å². The number of β-lactam (4-membered cyclic amide) rings is 1. The number of aliphatic hydroxyl groups is 2. The maximum atomic E-state index is 11.7. The molecular formula is C9H11NO5S. The van der Waals surface area contributed by atoms with Gasteiger partial charge in [-0.3, -0.25) is 9.69 Å². The molecule has 1 fully saturated rings. The summed E-state index contributed by atoms with van der Waals surface area (Å²) in [5, 5.41) is 27.5. The molecule has 0 unspecified atom stereocenters. The van der Waals surface area contributed by atoms with E-state index in [9.17, 15) is 19.8 Å².